The SMILES string of the molecule is CCC1CCCC(C(=O)COc2cccc(Cl)c2)C1. The van der Waals surface area contributed by atoms with E-state index < -0.39 is 0 Å². The molecule has 1 aromatic rings. The Morgan fingerprint density at radius 1 is 1.42 bits per heavy atom. The number of benzene rings is 1. The lowest BCUT2D eigenvalue weighted by atomic mass is 9.78. The summed E-state index contributed by atoms with van der Waals surface area (Å²) in [5.41, 5.74) is 0. The number of ether oxygens (including phenoxy) is 1. The van der Waals surface area contributed by atoms with Gasteiger partial charge in [-0.3, -0.25) is 4.79 Å². The van der Waals surface area contributed by atoms with Crippen LogP contribution >= 0.6 is 11.6 Å². The molecule has 0 aliphatic heterocycles. The highest BCUT2D eigenvalue weighted by Crippen LogP contribution is 2.31. The average Bonchev–Trinajstić information content (AvgIpc) is 2.45. The second kappa shape index (κ2) is 6.95. The van der Waals surface area contributed by atoms with E-state index in [4.69, 9.17) is 16.3 Å². The monoisotopic (exact) mass is 280 g/mol. The molecule has 104 valence electrons. The second-order valence-electron chi connectivity index (χ2n) is 5.35. The van der Waals surface area contributed by atoms with Crippen molar-refractivity contribution in [1.82, 2.24) is 0 Å². The van der Waals surface area contributed by atoms with Gasteiger partial charge in [-0.1, -0.05) is 43.9 Å². The lowest BCUT2D eigenvalue weighted by Gasteiger charge is -2.27. The third-order valence-corrected chi connectivity index (χ3v) is 4.23. The molecule has 1 aromatic carbocycles. The summed E-state index contributed by atoms with van der Waals surface area (Å²) in [5, 5.41) is 0.633. The van der Waals surface area contributed by atoms with Crippen LogP contribution in [-0.2, 0) is 4.79 Å². The number of ketones is 1. The number of rotatable bonds is 5. The molecule has 0 radical (unpaired) electrons. The molecule has 2 nitrogen and oxygen atoms in total. The maximum absolute atomic E-state index is 12.2. The minimum atomic E-state index is 0.168. The molecular formula is C16H21ClO2. The summed E-state index contributed by atoms with van der Waals surface area (Å²) < 4.78 is 5.54. The lowest BCUT2D eigenvalue weighted by Crippen LogP contribution is -2.26. The Bertz CT molecular complexity index is 431. The van der Waals surface area contributed by atoms with Crippen LogP contribution in [0.5, 0.6) is 5.75 Å². The molecule has 0 bridgehead atoms. The predicted molar refractivity (Wildman–Crippen MR) is 77.7 cm³/mol. The Hall–Kier alpha value is -1.02. The summed E-state index contributed by atoms with van der Waals surface area (Å²) >= 11 is 5.88. The van der Waals surface area contributed by atoms with Gasteiger partial charge in [-0.2, -0.15) is 0 Å². The van der Waals surface area contributed by atoms with Crippen molar-refractivity contribution in [3.63, 3.8) is 0 Å². The zero-order valence-electron chi connectivity index (χ0n) is 11.4. The quantitative estimate of drug-likeness (QED) is 0.793. The molecule has 19 heavy (non-hydrogen) atoms. The van der Waals surface area contributed by atoms with Crippen molar-refractivity contribution in [2.45, 2.75) is 39.0 Å². The largest absolute Gasteiger partial charge is 0.486 e. The van der Waals surface area contributed by atoms with Gasteiger partial charge in [0.1, 0.15) is 12.4 Å². The van der Waals surface area contributed by atoms with E-state index in [1.807, 2.05) is 12.1 Å². The van der Waals surface area contributed by atoms with E-state index in [1.54, 1.807) is 12.1 Å². The molecule has 2 unspecified atom stereocenters. The smallest absolute Gasteiger partial charge is 0.173 e. The Morgan fingerprint density at radius 2 is 2.26 bits per heavy atom. The van der Waals surface area contributed by atoms with Crippen molar-refractivity contribution in [2.24, 2.45) is 11.8 Å². The zero-order chi connectivity index (χ0) is 13.7. The van der Waals surface area contributed by atoms with E-state index in [0.717, 1.165) is 12.8 Å². The zero-order valence-corrected chi connectivity index (χ0v) is 12.2. The van der Waals surface area contributed by atoms with Gasteiger partial charge in [0.15, 0.2) is 5.78 Å². The Labute approximate surface area is 120 Å². The van der Waals surface area contributed by atoms with Crippen LogP contribution in [-0.4, -0.2) is 12.4 Å². The average molecular weight is 281 g/mol. The summed E-state index contributed by atoms with van der Waals surface area (Å²) in [4.78, 5) is 12.2. The topological polar surface area (TPSA) is 26.3 Å². The fourth-order valence-corrected chi connectivity index (χ4v) is 2.96. The highest BCUT2D eigenvalue weighted by molar-refractivity contribution is 6.30. The lowest BCUT2D eigenvalue weighted by molar-refractivity contribution is -0.126. The fourth-order valence-electron chi connectivity index (χ4n) is 2.78. The minimum Gasteiger partial charge on any atom is -0.486 e. The molecular weight excluding hydrogens is 260 g/mol. The second-order valence-corrected chi connectivity index (χ2v) is 5.79. The van der Waals surface area contributed by atoms with Crippen molar-refractivity contribution in [2.75, 3.05) is 6.61 Å². The Balaban J connectivity index is 1.84. The van der Waals surface area contributed by atoms with Crippen LogP contribution in [0.4, 0.5) is 0 Å². The molecule has 2 atom stereocenters. The molecule has 1 saturated carbocycles. The fraction of sp³-hybridized carbons (Fsp3) is 0.562. The number of carbonyl (C=O) groups is 1. The van der Waals surface area contributed by atoms with Crippen LogP contribution in [0.2, 0.25) is 5.02 Å². The molecule has 0 saturated heterocycles. The molecule has 3 heteroatoms. The first-order valence-corrected chi connectivity index (χ1v) is 7.48. The van der Waals surface area contributed by atoms with Crippen LogP contribution in [0.25, 0.3) is 0 Å². The molecule has 0 heterocycles. The third-order valence-electron chi connectivity index (χ3n) is 3.99. The van der Waals surface area contributed by atoms with Crippen LogP contribution in [0.15, 0.2) is 24.3 Å². The van der Waals surface area contributed by atoms with Gasteiger partial charge in [-0.15, -0.1) is 0 Å². The van der Waals surface area contributed by atoms with Crippen molar-refractivity contribution in [3.05, 3.63) is 29.3 Å². The van der Waals surface area contributed by atoms with Crippen LogP contribution in [0.3, 0.4) is 0 Å². The minimum absolute atomic E-state index is 0.168. The van der Waals surface area contributed by atoms with E-state index in [1.165, 1.54) is 19.3 Å². The van der Waals surface area contributed by atoms with Crippen molar-refractivity contribution in [3.8, 4) is 5.75 Å². The summed E-state index contributed by atoms with van der Waals surface area (Å²) in [6.07, 6.45) is 5.68. The standard InChI is InChI=1S/C16H21ClO2/c1-2-12-5-3-6-13(9-12)16(18)11-19-15-8-4-7-14(17)10-15/h4,7-8,10,12-13H,2-3,5-6,9,11H2,1H3. The predicted octanol–water partition coefficient (Wildman–Crippen LogP) is 4.50. The van der Waals surface area contributed by atoms with E-state index in [9.17, 15) is 4.79 Å². The summed E-state index contributed by atoms with van der Waals surface area (Å²) in [5.74, 6) is 1.81. The molecule has 0 spiro atoms. The highest BCUT2D eigenvalue weighted by Gasteiger charge is 2.26. The number of Topliss-reactive ketones (excluding diaryl/α,β-unsaturated/α-hetero) is 1. The third kappa shape index (κ3) is 4.24. The van der Waals surface area contributed by atoms with Crippen molar-refractivity contribution >= 4 is 17.4 Å². The molecule has 1 aliphatic rings. The number of hydrogen-bond donors (Lipinski definition) is 0. The van der Waals surface area contributed by atoms with Gasteiger partial charge in [0, 0.05) is 10.9 Å². The highest BCUT2D eigenvalue weighted by atomic mass is 35.5. The molecule has 0 N–H and O–H groups in total. The summed E-state index contributed by atoms with van der Waals surface area (Å²) in [6, 6.07) is 7.19. The molecule has 1 fully saturated rings. The van der Waals surface area contributed by atoms with Gasteiger partial charge in [0.2, 0.25) is 0 Å². The summed E-state index contributed by atoms with van der Waals surface area (Å²) in [7, 11) is 0. The molecule has 2 rings (SSSR count). The van der Waals surface area contributed by atoms with E-state index in [-0.39, 0.29) is 18.3 Å². The van der Waals surface area contributed by atoms with Gasteiger partial charge >= 0.3 is 0 Å². The Morgan fingerprint density at radius 3 is 3.00 bits per heavy atom. The van der Waals surface area contributed by atoms with Crippen LogP contribution in [0.1, 0.15) is 39.0 Å². The molecule has 0 amide bonds. The van der Waals surface area contributed by atoms with E-state index >= 15 is 0 Å². The van der Waals surface area contributed by atoms with E-state index in [2.05, 4.69) is 6.92 Å². The summed E-state index contributed by atoms with van der Waals surface area (Å²) in [6.45, 7) is 2.38. The van der Waals surface area contributed by atoms with Gasteiger partial charge < -0.3 is 4.74 Å². The van der Waals surface area contributed by atoms with Gasteiger partial charge in [0.05, 0.1) is 0 Å². The Kier molecular flexibility index (Phi) is 5.26. The number of halogens is 1. The van der Waals surface area contributed by atoms with Crippen LogP contribution < -0.4 is 4.74 Å². The van der Waals surface area contributed by atoms with Gasteiger partial charge in [0.25, 0.3) is 0 Å². The number of hydrogen-bond acceptors (Lipinski definition) is 2. The van der Waals surface area contributed by atoms with Gasteiger partial charge in [-0.25, -0.2) is 0 Å². The van der Waals surface area contributed by atoms with Crippen LogP contribution in [0, 0.1) is 11.8 Å². The molecule has 0 aromatic heterocycles. The normalized spacial score (nSPS) is 23.1. The maximum atomic E-state index is 12.2. The van der Waals surface area contributed by atoms with E-state index in [0.29, 0.717) is 16.7 Å². The first-order chi connectivity index (χ1) is 9.19. The first-order valence-electron chi connectivity index (χ1n) is 7.10. The van der Waals surface area contributed by atoms with Gasteiger partial charge in [-0.05, 0) is 37.0 Å². The first kappa shape index (κ1) is 14.4. The van der Waals surface area contributed by atoms with Crippen molar-refractivity contribution in [1.29, 1.82) is 0 Å². The number of carbonyl (C=O) groups excluding carboxylic acids is 1. The molecule has 1 aliphatic carbocycles. The van der Waals surface area contributed by atoms with Crippen molar-refractivity contribution < 1.29 is 9.53 Å². The maximum Gasteiger partial charge on any atom is 0.173 e.